The Morgan fingerprint density at radius 2 is 1.83 bits per heavy atom. The average Bonchev–Trinajstić information content (AvgIpc) is 2.66. The molecule has 9 nitrogen and oxygen atoms in total. The zero-order valence-electron chi connectivity index (χ0n) is 19.2. The predicted molar refractivity (Wildman–Crippen MR) is 118 cm³/mol. The summed E-state index contributed by atoms with van der Waals surface area (Å²) in [5.74, 6) is 0.995. The fourth-order valence-corrected chi connectivity index (χ4v) is 3.91. The second kappa shape index (κ2) is 11.4. The Bertz CT molecular complexity index is 596. The second-order valence-electron chi connectivity index (χ2n) is 9.17. The normalized spacial score (nSPS) is 21.5. The van der Waals surface area contributed by atoms with Gasteiger partial charge in [0.2, 0.25) is 5.91 Å². The number of rotatable bonds is 6. The van der Waals surface area contributed by atoms with Crippen LogP contribution in [0.25, 0.3) is 0 Å². The predicted octanol–water partition coefficient (Wildman–Crippen LogP) is 1.09. The molecule has 0 aromatic rings. The van der Waals surface area contributed by atoms with E-state index in [0.29, 0.717) is 32.0 Å². The molecule has 1 unspecified atom stereocenters. The van der Waals surface area contributed by atoms with Crippen molar-refractivity contribution in [1.82, 2.24) is 20.0 Å². The highest BCUT2D eigenvalue weighted by atomic mass is 16.6. The van der Waals surface area contributed by atoms with Crippen molar-refractivity contribution in [3.05, 3.63) is 0 Å². The summed E-state index contributed by atoms with van der Waals surface area (Å²) in [5, 5.41) is 3.38. The van der Waals surface area contributed by atoms with E-state index in [1.54, 1.807) is 4.90 Å². The van der Waals surface area contributed by atoms with Gasteiger partial charge in [0, 0.05) is 58.8 Å². The molecule has 9 heteroatoms. The number of hydrogen-bond acceptors (Lipinski definition) is 5. The minimum Gasteiger partial charge on any atom is -0.444 e. The molecule has 0 radical (unpaired) electrons. The van der Waals surface area contributed by atoms with Crippen LogP contribution in [0.15, 0.2) is 4.99 Å². The molecule has 0 aromatic heterocycles. The number of amides is 2. The molecule has 2 aliphatic rings. The second-order valence-corrected chi connectivity index (χ2v) is 9.17. The number of primary amides is 1. The molecular weight excluding hydrogens is 384 g/mol. The van der Waals surface area contributed by atoms with E-state index in [0.717, 1.165) is 58.1 Å². The van der Waals surface area contributed by atoms with Crippen LogP contribution in [0.1, 0.15) is 47.0 Å². The minimum absolute atomic E-state index is 0.227. The van der Waals surface area contributed by atoms with Crippen molar-refractivity contribution in [3.8, 4) is 0 Å². The summed E-state index contributed by atoms with van der Waals surface area (Å²) in [4.78, 5) is 34.6. The maximum absolute atomic E-state index is 12.2. The van der Waals surface area contributed by atoms with Gasteiger partial charge in [0.1, 0.15) is 5.60 Å². The van der Waals surface area contributed by atoms with Gasteiger partial charge >= 0.3 is 6.09 Å². The fraction of sp³-hybridized carbons (Fsp3) is 0.857. The van der Waals surface area contributed by atoms with Crippen molar-refractivity contribution in [2.45, 2.75) is 52.6 Å². The molecule has 2 aliphatic heterocycles. The fourth-order valence-electron chi connectivity index (χ4n) is 3.91. The highest BCUT2D eigenvalue weighted by Crippen LogP contribution is 2.19. The summed E-state index contributed by atoms with van der Waals surface area (Å²) in [6.45, 7) is 14.9. The molecule has 0 aromatic carbocycles. The first-order valence-electron chi connectivity index (χ1n) is 11.2. The molecule has 0 saturated carbocycles. The number of ether oxygens (including phenoxy) is 1. The number of piperidine rings is 1. The summed E-state index contributed by atoms with van der Waals surface area (Å²) in [5.41, 5.74) is 4.92. The third kappa shape index (κ3) is 8.38. The molecule has 1 atom stereocenters. The van der Waals surface area contributed by atoms with E-state index >= 15 is 0 Å². The van der Waals surface area contributed by atoms with Crippen LogP contribution in [0.2, 0.25) is 0 Å². The number of likely N-dealkylation sites (tertiary alicyclic amines) is 1. The number of nitrogens with two attached hydrogens (primary N) is 1. The number of carbonyl (C=O) groups is 2. The molecule has 2 fully saturated rings. The van der Waals surface area contributed by atoms with Gasteiger partial charge in [0.05, 0.1) is 6.54 Å². The number of hydrogen-bond donors (Lipinski definition) is 2. The Morgan fingerprint density at radius 1 is 1.13 bits per heavy atom. The first-order valence-corrected chi connectivity index (χ1v) is 11.2. The molecule has 2 amide bonds. The largest absolute Gasteiger partial charge is 0.444 e. The van der Waals surface area contributed by atoms with Crippen molar-refractivity contribution in [3.63, 3.8) is 0 Å². The van der Waals surface area contributed by atoms with Crippen LogP contribution in [-0.2, 0) is 9.53 Å². The number of nitrogens with one attached hydrogen (secondary N) is 1. The third-order valence-corrected chi connectivity index (χ3v) is 5.35. The van der Waals surface area contributed by atoms with Crippen molar-refractivity contribution < 1.29 is 14.3 Å². The lowest BCUT2D eigenvalue weighted by atomic mass is 9.95. The molecule has 0 spiro atoms. The lowest BCUT2D eigenvalue weighted by molar-refractivity contribution is -0.119. The standard InChI is InChI=1S/C21H40N6O3/c1-5-23-19(27-9-6-7-17(16-27)15-18(22)28)24-8-10-25-11-13-26(14-12-25)20(29)30-21(2,3)4/h17H,5-16H2,1-4H3,(H2,22,28)(H,23,24). The average molecular weight is 425 g/mol. The summed E-state index contributed by atoms with van der Waals surface area (Å²) >= 11 is 0. The summed E-state index contributed by atoms with van der Waals surface area (Å²) < 4.78 is 5.46. The first-order chi connectivity index (χ1) is 14.2. The number of nitrogens with zero attached hydrogens (tertiary/aromatic N) is 4. The Hall–Kier alpha value is -2.03. The van der Waals surface area contributed by atoms with Crippen LogP contribution in [0.4, 0.5) is 4.79 Å². The van der Waals surface area contributed by atoms with Gasteiger partial charge in [-0.2, -0.15) is 0 Å². The molecule has 172 valence electrons. The molecule has 0 aliphatic carbocycles. The van der Waals surface area contributed by atoms with Crippen LogP contribution in [0.3, 0.4) is 0 Å². The molecule has 30 heavy (non-hydrogen) atoms. The van der Waals surface area contributed by atoms with Crippen molar-refractivity contribution in [1.29, 1.82) is 0 Å². The van der Waals surface area contributed by atoms with Gasteiger partial charge in [-0.15, -0.1) is 0 Å². The van der Waals surface area contributed by atoms with E-state index in [4.69, 9.17) is 15.5 Å². The van der Waals surface area contributed by atoms with Gasteiger partial charge in [0.15, 0.2) is 5.96 Å². The highest BCUT2D eigenvalue weighted by Gasteiger charge is 2.26. The van der Waals surface area contributed by atoms with Gasteiger partial charge in [-0.3, -0.25) is 14.7 Å². The van der Waals surface area contributed by atoms with Crippen molar-refractivity contribution >= 4 is 18.0 Å². The lowest BCUT2D eigenvalue weighted by Crippen LogP contribution is -2.50. The van der Waals surface area contributed by atoms with Gasteiger partial charge < -0.3 is 25.6 Å². The highest BCUT2D eigenvalue weighted by molar-refractivity contribution is 5.80. The van der Waals surface area contributed by atoms with E-state index in [2.05, 4.69) is 22.0 Å². The zero-order chi connectivity index (χ0) is 22.1. The molecule has 2 rings (SSSR count). The molecule has 0 bridgehead atoms. The SMILES string of the molecule is CCNC(=NCCN1CCN(C(=O)OC(C)(C)C)CC1)N1CCCC(CC(N)=O)C1. The maximum atomic E-state index is 12.2. The van der Waals surface area contributed by atoms with E-state index in [9.17, 15) is 9.59 Å². The monoisotopic (exact) mass is 424 g/mol. The van der Waals surface area contributed by atoms with E-state index in [1.807, 2.05) is 20.8 Å². The van der Waals surface area contributed by atoms with E-state index in [1.165, 1.54) is 0 Å². The van der Waals surface area contributed by atoms with E-state index < -0.39 is 5.60 Å². The maximum Gasteiger partial charge on any atom is 0.410 e. The third-order valence-electron chi connectivity index (χ3n) is 5.35. The van der Waals surface area contributed by atoms with Gasteiger partial charge in [-0.1, -0.05) is 0 Å². The molecule has 2 heterocycles. The summed E-state index contributed by atoms with van der Waals surface area (Å²) in [7, 11) is 0. The summed E-state index contributed by atoms with van der Waals surface area (Å²) in [6.07, 6.45) is 2.30. The van der Waals surface area contributed by atoms with Crippen LogP contribution in [0, 0.1) is 5.92 Å². The van der Waals surface area contributed by atoms with Crippen LogP contribution >= 0.6 is 0 Å². The van der Waals surface area contributed by atoms with Crippen LogP contribution in [-0.4, -0.2) is 97.2 Å². The zero-order valence-corrected chi connectivity index (χ0v) is 19.2. The quantitative estimate of drug-likeness (QED) is 0.489. The molecule has 3 N–H and O–H groups in total. The summed E-state index contributed by atoms with van der Waals surface area (Å²) in [6, 6.07) is 0. The minimum atomic E-state index is -0.462. The molecular formula is C21H40N6O3. The number of aliphatic imine (C=N–C) groups is 1. The van der Waals surface area contributed by atoms with Gasteiger partial charge in [-0.25, -0.2) is 4.79 Å². The van der Waals surface area contributed by atoms with Crippen molar-refractivity contribution in [2.24, 2.45) is 16.6 Å². The smallest absolute Gasteiger partial charge is 0.410 e. The number of carbonyl (C=O) groups excluding carboxylic acids is 2. The van der Waals surface area contributed by atoms with Gasteiger partial charge in [-0.05, 0) is 46.5 Å². The van der Waals surface area contributed by atoms with Crippen molar-refractivity contribution in [2.75, 3.05) is 58.9 Å². The topological polar surface area (TPSA) is 104 Å². The number of piperazine rings is 1. The van der Waals surface area contributed by atoms with Crippen LogP contribution in [0.5, 0.6) is 0 Å². The Morgan fingerprint density at radius 3 is 2.43 bits per heavy atom. The Labute approximate surface area is 181 Å². The first kappa shape index (κ1) is 24.2. The lowest BCUT2D eigenvalue weighted by Gasteiger charge is -2.36. The van der Waals surface area contributed by atoms with Crippen LogP contribution < -0.4 is 11.1 Å². The Kier molecular flexibility index (Phi) is 9.20. The Balaban J connectivity index is 1.79. The van der Waals surface area contributed by atoms with Gasteiger partial charge in [0.25, 0.3) is 0 Å². The number of guanidine groups is 1. The molecule has 2 saturated heterocycles. The van der Waals surface area contributed by atoms with E-state index in [-0.39, 0.29) is 12.0 Å².